The zero-order valence-corrected chi connectivity index (χ0v) is 10.7. The van der Waals surface area contributed by atoms with Gasteiger partial charge in [-0.1, -0.05) is 15.9 Å². The molecular weight excluding hydrogens is 288 g/mol. The molecule has 0 saturated heterocycles. The van der Waals surface area contributed by atoms with Gasteiger partial charge in [0.1, 0.15) is 19.8 Å². The molecule has 2 aliphatic rings. The molecule has 17 heavy (non-hydrogen) atoms. The Hall–Kier alpha value is -1.07. The van der Waals surface area contributed by atoms with Gasteiger partial charge in [-0.2, -0.15) is 0 Å². The van der Waals surface area contributed by atoms with E-state index < -0.39 is 0 Å². The third-order valence-electron chi connectivity index (χ3n) is 2.89. The van der Waals surface area contributed by atoms with E-state index in [0.717, 1.165) is 10.0 Å². The second kappa shape index (κ2) is 4.31. The number of hydrogen-bond donors (Lipinski definition) is 0. The van der Waals surface area contributed by atoms with Crippen molar-refractivity contribution in [2.45, 2.75) is 6.42 Å². The first-order valence-electron chi connectivity index (χ1n) is 5.49. The number of rotatable bonds is 0. The Morgan fingerprint density at radius 3 is 2.88 bits per heavy atom. The van der Waals surface area contributed by atoms with Crippen molar-refractivity contribution >= 4 is 21.7 Å². The minimum atomic E-state index is -0.0412. The van der Waals surface area contributed by atoms with Crippen LogP contribution >= 0.6 is 15.9 Å². The molecule has 0 radical (unpaired) electrons. The van der Waals surface area contributed by atoms with Crippen LogP contribution in [0.1, 0.15) is 15.9 Å². The fraction of sp³-hybridized carbons (Fsp3) is 0.417. The summed E-state index contributed by atoms with van der Waals surface area (Å²) in [4.78, 5) is 12.0. The third-order valence-corrected chi connectivity index (χ3v) is 3.60. The molecule has 5 heteroatoms. The standard InChI is InChI=1S/C12H11BrO4/c13-8-5-10-12(17-4-3-16-10)11-7(8)1-2-15-6-9(11)14/h5H,1-4,6H2. The zero-order valence-electron chi connectivity index (χ0n) is 9.12. The van der Waals surface area contributed by atoms with Crippen LogP contribution in [0.5, 0.6) is 11.5 Å². The van der Waals surface area contributed by atoms with E-state index >= 15 is 0 Å². The molecule has 0 fully saturated rings. The fourth-order valence-electron chi connectivity index (χ4n) is 2.14. The first kappa shape index (κ1) is 11.0. The van der Waals surface area contributed by atoms with Crippen LogP contribution in [0, 0.1) is 0 Å². The normalized spacial score (nSPS) is 18.5. The van der Waals surface area contributed by atoms with Crippen molar-refractivity contribution in [1.82, 2.24) is 0 Å². The second-order valence-corrected chi connectivity index (χ2v) is 4.82. The predicted molar refractivity (Wildman–Crippen MR) is 64.0 cm³/mol. The summed E-state index contributed by atoms with van der Waals surface area (Å²) in [6.07, 6.45) is 0.707. The minimum Gasteiger partial charge on any atom is -0.486 e. The highest BCUT2D eigenvalue weighted by Gasteiger charge is 2.28. The molecule has 3 rings (SSSR count). The monoisotopic (exact) mass is 298 g/mol. The lowest BCUT2D eigenvalue weighted by atomic mass is 10.00. The lowest BCUT2D eigenvalue weighted by Crippen LogP contribution is -2.19. The van der Waals surface area contributed by atoms with Crippen molar-refractivity contribution in [3.8, 4) is 11.5 Å². The van der Waals surface area contributed by atoms with E-state index in [1.54, 1.807) is 0 Å². The number of Topliss-reactive ketones (excluding diaryl/α,β-unsaturated/α-hetero) is 1. The van der Waals surface area contributed by atoms with Crippen LogP contribution in [-0.2, 0) is 11.2 Å². The van der Waals surface area contributed by atoms with Gasteiger partial charge in [0.2, 0.25) is 0 Å². The first-order chi connectivity index (χ1) is 8.27. The van der Waals surface area contributed by atoms with E-state index in [1.807, 2.05) is 6.07 Å². The lowest BCUT2D eigenvalue weighted by molar-refractivity contribution is 0.0781. The number of benzene rings is 1. The molecule has 1 aromatic carbocycles. The molecular formula is C12H11BrO4. The molecule has 0 amide bonds. The van der Waals surface area contributed by atoms with Crippen LogP contribution < -0.4 is 9.47 Å². The molecule has 90 valence electrons. The van der Waals surface area contributed by atoms with Gasteiger partial charge in [-0.05, 0) is 18.1 Å². The van der Waals surface area contributed by atoms with Crippen molar-refractivity contribution in [3.05, 3.63) is 21.7 Å². The van der Waals surface area contributed by atoms with Crippen molar-refractivity contribution in [2.24, 2.45) is 0 Å². The average Bonchev–Trinajstić information content (AvgIpc) is 2.52. The highest BCUT2D eigenvalue weighted by Crippen LogP contribution is 2.41. The Balaban J connectivity index is 2.23. The molecule has 0 unspecified atom stereocenters. The van der Waals surface area contributed by atoms with E-state index in [1.165, 1.54) is 0 Å². The summed E-state index contributed by atoms with van der Waals surface area (Å²) in [5, 5.41) is 0. The average molecular weight is 299 g/mol. The van der Waals surface area contributed by atoms with Crippen LogP contribution in [-0.4, -0.2) is 32.2 Å². The second-order valence-electron chi connectivity index (χ2n) is 3.96. The van der Waals surface area contributed by atoms with Gasteiger partial charge >= 0.3 is 0 Å². The Morgan fingerprint density at radius 1 is 1.18 bits per heavy atom. The Labute approximate surface area is 107 Å². The highest BCUT2D eigenvalue weighted by atomic mass is 79.9. The highest BCUT2D eigenvalue weighted by molar-refractivity contribution is 9.10. The molecule has 0 aliphatic carbocycles. The minimum absolute atomic E-state index is 0.0412. The molecule has 2 heterocycles. The van der Waals surface area contributed by atoms with Gasteiger partial charge < -0.3 is 14.2 Å². The van der Waals surface area contributed by atoms with Gasteiger partial charge in [0.25, 0.3) is 0 Å². The summed E-state index contributed by atoms with van der Waals surface area (Å²) in [5.74, 6) is 1.17. The van der Waals surface area contributed by atoms with E-state index in [2.05, 4.69) is 15.9 Å². The molecule has 0 spiro atoms. The molecule has 0 N–H and O–H groups in total. The summed E-state index contributed by atoms with van der Waals surface area (Å²) in [5.41, 5.74) is 1.57. The van der Waals surface area contributed by atoms with Gasteiger partial charge in [0.05, 0.1) is 12.2 Å². The summed E-state index contributed by atoms with van der Waals surface area (Å²) in [7, 11) is 0. The molecule has 1 aromatic rings. The number of halogens is 1. The molecule has 0 bridgehead atoms. The summed E-state index contributed by atoms with van der Waals surface area (Å²) < 4.78 is 17.2. The zero-order chi connectivity index (χ0) is 11.8. The topological polar surface area (TPSA) is 44.8 Å². The molecule has 0 saturated carbocycles. The van der Waals surface area contributed by atoms with Crippen molar-refractivity contribution < 1.29 is 19.0 Å². The predicted octanol–water partition coefficient (Wildman–Crippen LogP) is 1.98. The lowest BCUT2D eigenvalue weighted by Gasteiger charge is -2.22. The van der Waals surface area contributed by atoms with Crippen LogP contribution in [0.2, 0.25) is 0 Å². The number of fused-ring (bicyclic) bond motifs is 3. The van der Waals surface area contributed by atoms with Gasteiger partial charge in [-0.25, -0.2) is 0 Å². The smallest absolute Gasteiger partial charge is 0.192 e. The summed E-state index contributed by atoms with van der Waals surface area (Å²) in [6, 6.07) is 1.87. The number of ether oxygens (including phenoxy) is 3. The van der Waals surface area contributed by atoms with E-state index in [9.17, 15) is 4.79 Å². The van der Waals surface area contributed by atoms with E-state index in [-0.39, 0.29) is 12.4 Å². The number of carbonyl (C=O) groups is 1. The molecule has 0 aromatic heterocycles. The van der Waals surface area contributed by atoms with Gasteiger partial charge in [0.15, 0.2) is 17.3 Å². The largest absolute Gasteiger partial charge is 0.486 e. The SMILES string of the molecule is O=C1COCCc2c(Br)cc3c(c21)OCCO3. The molecule has 0 atom stereocenters. The van der Waals surface area contributed by atoms with Gasteiger partial charge in [-0.15, -0.1) is 0 Å². The summed E-state index contributed by atoms with van der Waals surface area (Å²) in [6.45, 7) is 1.66. The van der Waals surface area contributed by atoms with Crippen molar-refractivity contribution in [2.75, 3.05) is 26.4 Å². The maximum absolute atomic E-state index is 12.0. The quantitative estimate of drug-likeness (QED) is 0.735. The Bertz CT molecular complexity index is 484. The van der Waals surface area contributed by atoms with Crippen LogP contribution in [0.4, 0.5) is 0 Å². The van der Waals surface area contributed by atoms with E-state index in [4.69, 9.17) is 14.2 Å². The summed E-state index contributed by atoms with van der Waals surface area (Å²) >= 11 is 3.48. The Kier molecular flexibility index (Phi) is 2.80. The maximum Gasteiger partial charge on any atom is 0.192 e. The van der Waals surface area contributed by atoms with E-state index in [0.29, 0.717) is 43.3 Å². The number of ketones is 1. The maximum atomic E-state index is 12.0. The molecule has 2 aliphatic heterocycles. The molecule has 4 nitrogen and oxygen atoms in total. The number of carbonyl (C=O) groups excluding carboxylic acids is 1. The number of hydrogen-bond acceptors (Lipinski definition) is 4. The first-order valence-corrected chi connectivity index (χ1v) is 6.28. The fourth-order valence-corrected chi connectivity index (χ4v) is 2.75. The van der Waals surface area contributed by atoms with Crippen LogP contribution in [0.15, 0.2) is 10.5 Å². The van der Waals surface area contributed by atoms with Crippen molar-refractivity contribution in [1.29, 1.82) is 0 Å². The Morgan fingerprint density at radius 2 is 2.00 bits per heavy atom. The van der Waals surface area contributed by atoms with Gasteiger partial charge in [-0.3, -0.25) is 4.79 Å². The van der Waals surface area contributed by atoms with Crippen LogP contribution in [0.25, 0.3) is 0 Å². The third kappa shape index (κ3) is 1.83. The van der Waals surface area contributed by atoms with Crippen LogP contribution in [0.3, 0.4) is 0 Å². The van der Waals surface area contributed by atoms with Crippen molar-refractivity contribution in [3.63, 3.8) is 0 Å². The van der Waals surface area contributed by atoms with Gasteiger partial charge in [0, 0.05) is 4.47 Å².